The van der Waals surface area contributed by atoms with Crippen LogP contribution in [-0.4, -0.2) is 6.61 Å². The fourth-order valence-corrected chi connectivity index (χ4v) is 1.70. The van der Waals surface area contributed by atoms with Gasteiger partial charge in [-0.25, -0.2) is 0 Å². The second kappa shape index (κ2) is 2.94. The third-order valence-corrected chi connectivity index (χ3v) is 2.46. The van der Waals surface area contributed by atoms with Crippen molar-refractivity contribution in [1.29, 1.82) is 0 Å². The van der Waals surface area contributed by atoms with Crippen LogP contribution in [0.2, 0.25) is 0 Å². The maximum absolute atomic E-state index is 13.3. The molecule has 0 saturated heterocycles. The number of ether oxygens (including phenoxy) is 1. The average molecular weight is 198 g/mol. The number of para-hydroxylation sites is 1. The molecular formula is C11H12F2O. The van der Waals surface area contributed by atoms with Crippen molar-refractivity contribution in [1.82, 2.24) is 0 Å². The summed E-state index contributed by atoms with van der Waals surface area (Å²) in [6.45, 7) is 3.41. The van der Waals surface area contributed by atoms with Gasteiger partial charge in [0.1, 0.15) is 5.75 Å². The molecule has 76 valence electrons. The van der Waals surface area contributed by atoms with Gasteiger partial charge in [0.15, 0.2) is 6.61 Å². The van der Waals surface area contributed by atoms with Crippen LogP contribution in [0.3, 0.4) is 0 Å². The molecule has 1 aromatic rings. The number of rotatable bonds is 1. The number of hydrogen-bond acceptors (Lipinski definition) is 1. The summed E-state index contributed by atoms with van der Waals surface area (Å²) in [6.07, 6.45) is 0. The van der Waals surface area contributed by atoms with Gasteiger partial charge in [-0.2, -0.15) is 8.78 Å². The summed E-state index contributed by atoms with van der Waals surface area (Å²) >= 11 is 0. The van der Waals surface area contributed by atoms with E-state index in [0.29, 0.717) is 5.75 Å². The summed E-state index contributed by atoms with van der Waals surface area (Å²) in [7, 11) is 0. The van der Waals surface area contributed by atoms with Crippen LogP contribution in [0, 0.1) is 0 Å². The van der Waals surface area contributed by atoms with E-state index in [-0.39, 0.29) is 11.5 Å². The van der Waals surface area contributed by atoms with E-state index in [1.807, 2.05) is 19.9 Å². The lowest BCUT2D eigenvalue weighted by molar-refractivity contribution is -0.0214. The zero-order chi connectivity index (χ0) is 10.3. The molecule has 1 aliphatic heterocycles. The van der Waals surface area contributed by atoms with Gasteiger partial charge in [-0.05, 0) is 17.5 Å². The van der Waals surface area contributed by atoms with Crippen LogP contribution in [0.4, 0.5) is 8.78 Å². The van der Waals surface area contributed by atoms with Crippen molar-refractivity contribution < 1.29 is 13.5 Å². The largest absolute Gasteiger partial charge is 0.486 e. The molecule has 1 aliphatic rings. The van der Waals surface area contributed by atoms with E-state index >= 15 is 0 Å². The van der Waals surface area contributed by atoms with Gasteiger partial charge in [0.05, 0.1) is 5.56 Å². The van der Waals surface area contributed by atoms with Gasteiger partial charge in [0.25, 0.3) is 0 Å². The minimum atomic E-state index is -2.82. The smallest absolute Gasteiger partial charge is 0.310 e. The Morgan fingerprint density at radius 2 is 2.07 bits per heavy atom. The topological polar surface area (TPSA) is 9.23 Å². The monoisotopic (exact) mass is 198 g/mol. The van der Waals surface area contributed by atoms with Gasteiger partial charge in [0.2, 0.25) is 0 Å². The first-order chi connectivity index (χ1) is 6.52. The predicted molar refractivity (Wildman–Crippen MR) is 49.9 cm³/mol. The Morgan fingerprint density at radius 3 is 2.71 bits per heavy atom. The Kier molecular flexibility index (Phi) is 1.98. The van der Waals surface area contributed by atoms with Gasteiger partial charge < -0.3 is 4.74 Å². The first kappa shape index (κ1) is 9.44. The highest BCUT2D eigenvalue weighted by atomic mass is 19.3. The highest BCUT2D eigenvalue weighted by Gasteiger charge is 2.42. The average Bonchev–Trinajstić information content (AvgIpc) is 2.42. The molecule has 0 atom stereocenters. The number of halogens is 2. The highest BCUT2D eigenvalue weighted by molar-refractivity contribution is 5.48. The number of alkyl halides is 2. The van der Waals surface area contributed by atoms with Crippen LogP contribution in [0.5, 0.6) is 5.75 Å². The van der Waals surface area contributed by atoms with Crippen LogP contribution >= 0.6 is 0 Å². The molecule has 0 fully saturated rings. The van der Waals surface area contributed by atoms with E-state index in [1.165, 1.54) is 6.07 Å². The second-order valence-corrected chi connectivity index (χ2v) is 3.87. The summed E-state index contributed by atoms with van der Waals surface area (Å²) in [4.78, 5) is 0. The minimum absolute atomic E-state index is 0.0312. The molecule has 0 amide bonds. The first-order valence-corrected chi connectivity index (χ1v) is 4.66. The fraction of sp³-hybridized carbons (Fsp3) is 0.455. The minimum Gasteiger partial charge on any atom is -0.486 e. The molecule has 1 heterocycles. The van der Waals surface area contributed by atoms with Crippen LogP contribution < -0.4 is 4.74 Å². The van der Waals surface area contributed by atoms with Crippen molar-refractivity contribution in [2.75, 3.05) is 6.61 Å². The molecular weight excluding hydrogens is 186 g/mol. The van der Waals surface area contributed by atoms with E-state index in [9.17, 15) is 8.78 Å². The molecule has 2 rings (SSSR count). The maximum atomic E-state index is 13.3. The van der Waals surface area contributed by atoms with Gasteiger partial charge >= 0.3 is 5.92 Å². The van der Waals surface area contributed by atoms with Crippen molar-refractivity contribution in [3.05, 3.63) is 29.3 Å². The Bertz CT molecular complexity index is 358. The lowest BCUT2D eigenvalue weighted by Crippen LogP contribution is -2.14. The van der Waals surface area contributed by atoms with E-state index < -0.39 is 12.5 Å². The number of fused-ring (bicyclic) bond motifs is 1. The van der Waals surface area contributed by atoms with Crippen molar-refractivity contribution in [2.45, 2.75) is 25.7 Å². The molecule has 0 aliphatic carbocycles. The van der Waals surface area contributed by atoms with Crippen molar-refractivity contribution >= 4 is 0 Å². The lowest BCUT2D eigenvalue weighted by atomic mass is 9.98. The predicted octanol–water partition coefficient (Wildman–Crippen LogP) is 3.29. The second-order valence-electron chi connectivity index (χ2n) is 3.87. The van der Waals surface area contributed by atoms with Crippen LogP contribution in [0.25, 0.3) is 0 Å². The Labute approximate surface area is 81.7 Å². The van der Waals surface area contributed by atoms with Crippen LogP contribution in [0.15, 0.2) is 18.2 Å². The summed E-state index contributed by atoms with van der Waals surface area (Å²) in [5.74, 6) is -2.23. The zero-order valence-electron chi connectivity index (χ0n) is 8.18. The number of hydrogen-bond donors (Lipinski definition) is 0. The quantitative estimate of drug-likeness (QED) is 0.672. The summed E-state index contributed by atoms with van der Waals surface area (Å²) in [5, 5.41) is 0. The van der Waals surface area contributed by atoms with E-state index in [0.717, 1.165) is 5.56 Å². The Hall–Kier alpha value is -1.12. The third kappa shape index (κ3) is 1.27. The third-order valence-electron chi connectivity index (χ3n) is 2.46. The molecule has 0 saturated carbocycles. The van der Waals surface area contributed by atoms with Crippen LogP contribution in [0.1, 0.15) is 30.9 Å². The van der Waals surface area contributed by atoms with Crippen molar-refractivity contribution in [3.63, 3.8) is 0 Å². The summed E-state index contributed by atoms with van der Waals surface area (Å²) < 4.78 is 31.6. The van der Waals surface area contributed by atoms with Gasteiger partial charge in [0, 0.05) is 0 Å². The Morgan fingerprint density at radius 1 is 1.36 bits per heavy atom. The van der Waals surface area contributed by atoms with Crippen LogP contribution in [-0.2, 0) is 5.92 Å². The molecule has 1 aromatic carbocycles. The maximum Gasteiger partial charge on any atom is 0.310 e. The standard InChI is InChI=1S/C11H12F2O/c1-7(2)8-4-3-5-9-10(8)14-6-11(9,12)13/h3-5,7H,6H2,1-2H3. The molecule has 0 aromatic heterocycles. The van der Waals surface area contributed by atoms with Gasteiger partial charge in [-0.1, -0.05) is 26.0 Å². The molecule has 0 bridgehead atoms. The molecule has 14 heavy (non-hydrogen) atoms. The van der Waals surface area contributed by atoms with E-state index in [4.69, 9.17) is 4.74 Å². The SMILES string of the molecule is CC(C)c1cccc2c1OCC2(F)F. The van der Waals surface area contributed by atoms with Crippen molar-refractivity contribution in [2.24, 2.45) is 0 Å². The molecule has 3 heteroatoms. The van der Waals surface area contributed by atoms with E-state index in [2.05, 4.69) is 0 Å². The Balaban J connectivity index is 2.56. The zero-order valence-corrected chi connectivity index (χ0v) is 8.18. The molecule has 0 N–H and O–H groups in total. The molecule has 0 spiro atoms. The summed E-state index contributed by atoms with van der Waals surface area (Å²) in [6, 6.07) is 4.94. The van der Waals surface area contributed by atoms with Gasteiger partial charge in [-0.3, -0.25) is 0 Å². The lowest BCUT2D eigenvalue weighted by Gasteiger charge is -2.10. The van der Waals surface area contributed by atoms with Crippen molar-refractivity contribution in [3.8, 4) is 5.75 Å². The van der Waals surface area contributed by atoms with Gasteiger partial charge in [-0.15, -0.1) is 0 Å². The molecule has 0 radical (unpaired) electrons. The first-order valence-electron chi connectivity index (χ1n) is 4.66. The normalized spacial score (nSPS) is 18.1. The number of benzene rings is 1. The molecule has 1 nitrogen and oxygen atoms in total. The summed E-state index contributed by atoms with van der Waals surface area (Å²) in [5.41, 5.74) is 0.892. The fourth-order valence-electron chi connectivity index (χ4n) is 1.70. The highest BCUT2D eigenvalue weighted by Crippen LogP contribution is 2.44. The van der Waals surface area contributed by atoms with E-state index in [1.54, 1.807) is 6.07 Å². The molecule has 0 unspecified atom stereocenters.